The third-order valence-corrected chi connectivity index (χ3v) is 5.08. The van der Waals surface area contributed by atoms with Gasteiger partial charge < -0.3 is 19.3 Å². The summed E-state index contributed by atoms with van der Waals surface area (Å²) in [5.41, 5.74) is 1.58. The van der Waals surface area contributed by atoms with Gasteiger partial charge in [-0.1, -0.05) is 12.1 Å². The number of nitrogens with zero attached hydrogens (tertiary/aromatic N) is 3. The van der Waals surface area contributed by atoms with Crippen molar-refractivity contribution in [1.82, 2.24) is 9.88 Å². The molecule has 0 spiro atoms. The summed E-state index contributed by atoms with van der Waals surface area (Å²) in [5, 5.41) is 0. The molecule has 2 heterocycles. The van der Waals surface area contributed by atoms with E-state index in [1.165, 1.54) is 0 Å². The number of hydrogen-bond acceptors (Lipinski definition) is 6. The van der Waals surface area contributed by atoms with Crippen LogP contribution < -0.4 is 9.64 Å². The van der Waals surface area contributed by atoms with Gasteiger partial charge >= 0.3 is 5.97 Å². The molecule has 0 bridgehead atoms. The molecule has 1 aliphatic heterocycles. The number of carbonyl (C=O) groups is 2. The van der Waals surface area contributed by atoms with Crippen molar-refractivity contribution in [3.63, 3.8) is 0 Å². The number of aryl methyl sites for hydroxylation is 1. The number of hydrogen-bond donors (Lipinski definition) is 0. The van der Waals surface area contributed by atoms with Crippen molar-refractivity contribution < 1.29 is 19.1 Å². The van der Waals surface area contributed by atoms with Crippen LogP contribution in [0.4, 0.5) is 5.82 Å². The molecule has 1 aliphatic rings. The van der Waals surface area contributed by atoms with Crippen molar-refractivity contribution in [2.75, 3.05) is 44.3 Å². The van der Waals surface area contributed by atoms with Crippen molar-refractivity contribution in [2.24, 2.45) is 0 Å². The number of anilines is 1. The van der Waals surface area contributed by atoms with E-state index in [0.29, 0.717) is 38.3 Å². The van der Waals surface area contributed by atoms with Gasteiger partial charge in [-0.05, 0) is 50.1 Å². The zero-order valence-electron chi connectivity index (χ0n) is 17.7. The summed E-state index contributed by atoms with van der Waals surface area (Å²) >= 11 is 0. The number of piperazine rings is 1. The first-order valence-corrected chi connectivity index (χ1v) is 10.5. The van der Waals surface area contributed by atoms with Gasteiger partial charge in [0.05, 0.1) is 18.8 Å². The molecular weight excluding hydrogens is 382 g/mol. The van der Waals surface area contributed by atoms with E-state index in [-0.39, 0.29) is 11.9 Å². The molecule has 0 aliphatic carbocycles. The minimum Gasteiger partial charge on any atom is -0.494 e. The van der Waals surface area contributed by atoms with Gasteiger partial charge in [-0.3, -0.25) is 4.79 Å². The summed E-state index contributed by atoms with van der Waals surface area (Å²) in [7, 11) is 0. The van der Waals surface area contributed by atoms with Crippen molar-refractivity contribution in [1.29, 1.82) is 0 Å². The minimum absolute atomic E-state index is 0.175. The Morgan fingerprint density at radius 2 is 1.70 bits per heavy atom. The Morgan fingerprint density at radius 3 is 2.30 bits per heavy atom. The summed E-state index contributed by atoms with van der Waals surface area (Å²) in [5.74, 6) is 1.48. The predicted octanol–water partition coefficient (Wildman–Crippen LogP) is 2.94. The second-order valence-corrected chi connectivity index (χ2v) is 7.07. The molecule has 0 radical (unpaired) electrons. The molecule has 1 aromatic heterocycles. The average molecular weight is 412 g/mol. The van der Waals surface area contributed by atoms with Crippen LogP contribution in [0.2, 0.25) is 0 Å². The Bertz CT molecular complexity index is 829. The first-order valence-electron chi connectivity index (χ1n) is 10.5. The molecule has 0 unspecified atom stereocenters. The summed E-state index contributed by atoms with van der Waals surface area (Å²) < 4.78 is 10.4. The zero-order chi connectivity index (χ0) is 21.3. The molecule has 160 valence electrons. The van der Waals surface area contributed by atoms with Gasteiger partial charge in [-0.25, -0.2) is 9.78 Å². The molecule has 1 saturated heterocycles. The lowest BCUT2D eigenvalue weighted by molar-refractivity contribution is -0.131. The van der Waals surface area contributed by atoms with Crippen LogP contribution in [0.15, 0.2) is 42.6 Å². The van der Waals surface area contributed by atoms with E-state index >= 15 is 0 Å². The molecule has 30 heavy (non-hydrogen) atoms. The van der Waals surface area contributed by atoms with Crippen LogP contribution in [0.25, 0.3) is 0 Å². The van der Waals surface area contributed by atoms with Gasteiger partial charge in [0, 0.05) is 38.8 Å². The fourth-order valence-corrected chi connectivity index (χ4v) is 3.42. The Labute approximate surface area is 177 Å². The molecule has 1 amide bonds. The number of pyridine rings is 1. The highest BCUT2D eigenvalue weighted by atomic mass is 16.5. The second-order valence-electron chi connectivity index (χ2n) is 7.07. The highest BCUT2D eigenvalue weighted by molar-refractivity contribution is 5.89. The maximum absolute atomic E-state index is 12.6. The fraction of sp³-hybridized carbons (Fsp3) is 0.435. The van der Waals surface area contributed by atoms with E-state index in [0.717, 1.165) is 36.6 Å². The molecule has 1 fully saturated rings. The van der Waals surface area contributed by atoms with Gasteiger partial charge in [0.25, 0.3) is 0 Å². The Hall–Kier alpha value is -3.09. The quantitative estimate of drug-likeness (QED) is 0.622. The van der Waals surface area contributed by atoms with E-state index < -0.39 is 0 Å². The molecule has 3 rings (SSSR count). The number of esters is 1. The first kappa shape index (κ1) is 21.6. The van der Waals surface area contributed by atoms with E-state index in [2.05, 4.69) is 9.88 Å². The topological polar surface area (TPSA) is 72.0 Å². The summed E-state index contributed by atoms with van der Waals surface area (Å²) in [4.78, 5) is 32.7. The van der Waals surface area contributed by atoms with Crippen LogP contribution in [0, 0.1) is 0 Å². The largest absolute Gasteiger partial charge is 0.494 e. The third kappa shape index (κ3) is 5.72. The predicted molar refractivity (Wildman–Crippen MR) is 115 cm³/mol. The van der Waals surface area contributed by atoms with Crippen molar-refractivity contribution in [2.45, 2.75) is 26.7 Å². The van der Waals surface area contributed by atoms with Crippen molar-refractivity contribution >= 4 is 17.7 Å². The first-order chi connectivity index (χ1) is 14.6. The maximum Gasteiger partial charge on any atom is 0.339 e. The second kappa shape index (κ2) is 10.6. The molecule has 1 aromatic carbocycles. The smallest absolute Gasteiger partial charge is 0.339 e. The maximum atomic E-state index is 12.6. The summed E-state index contributed by atoms with van der Waals surface area (Å²) in [6.45, 7) is 7.51. The standard InChI is InChI=1S/C23H29N3O4/c1-3-29-20-9-5-18(6-10-20)7-12-22(27)26-15-13-25(14-16-26)21-11-8-19(17-24-21)23(28)30-4-2/h5-6,8-11,17H,3-4,7,12-16H2,1-2H3. The van der Waals surface area contributed by atoms with Crippen LogP contribution in [-0.2, 0) is 16.0 Å². The van der Waals surface area contributed by atoms with Crippen molar-refractivity contribution in [3.05, 3.63) is 53.7 Å². The van der Waals surface area contributed by atoms with Gasteiger partial charge in [-0.15, -0.1) is 0 Å². The molecule has 7 nitrogen and oxygen atoms in total. The average Bonchev–Trinajstić information content (AvgIpc) is 2.79. The zero-order valence-corrected chi connectivity index (χ0v) is 17.7. The Balaban J connectivity index is 1.45. The van der Waals surface area contributed by atoms with E-state index in [9.17, 15) is 9.59 Å². The normalized spacial score (nSPS) is 13.8. The van der Waals surface area contributed by atoms with Gasteiger partial charge in [0.1, 0.15) is 11.6 Å². The molecule has 0 N–H and O–H groups in total. The molecular formula is C23H29N3O4. The molecule has 2 aromatic rings. The lowest BCUT2D eigenvalue weighted by Gasteiger charge is -2.35. The number of aromatic nitrogens is 1. The fourth-order valence-electron chi connectivity index (χ4n) is 3.42. The SMILES string of the molecule is CCOC(=O)c1ccc(N2CCN(C(=O)CCc3ccc(OCC)cc3)CC2)nc1. The lowest BCUT2D eigenvalue weighted by Crippen LogP contribution is -2.49. The van der Waals surface area contributed by atoms with Crippen LogP contribution in [0.5, 0.6) is 5.75 Å². The molecule has 0 saturated carbocycles. The van der Waals surface area contributed by atoms with Crippen LogP contribution in [0.1, 0.15) is 36.2 Å². The lowest BCUT2D eigenvalue weighted by atomic mass is 10.1. The van der Waals surface area contributed by atoms with Gasteiger partial charge in [0.15, 0.2) is 0 Å². The van der Waals surface area contributed by atoms with Gasteiger partial charge in [-0.2, -0.15) is 0 Å². The van der Waals surface area contributed by atoms with E-state index in [4.69, 9.17) is 9.47 Å². The highest BCUT2D eigenvalue weighted by Crippen LogP contribution is 2.17. The highest BCUT2D eigenvalue weighted by Gasteiger charge is 2.22. The molecule has 7 heteroatoms. The monoisotopic (exact) mass is 411 g/mol. The van der Waals surface area contributed by atoms with Crippen molar-refractivity contribution in [3.8, 4) is 5.75 Å². The number of amides is 1. The van der Waals surface area contributed by atoms with E-state index in [1.54, 1.807) is 19.2 Å². The Kier molecular flexibility index (Phi) is 7.65. The number of benzene rings is 1. The van der Waals surface area contributed by atoms with Crippen LogP contribution in [0.3, 0.4) is 0 Å². The number of ether oxygens (including phenoxy) is 2. The van der Waals surface area contributed by atoms with Crippen LogP contribution >= 0.6 is 0 Å². The van der Waals surface area contributed by atoms with Gasteiger partial charge in [0.2, 0.25) is 5.91 Å². The molecule has 0 atom stereocenters. The summed E-state index contributed by atoms with van der Waals surface area (Å²) in [6.07, 6.45) is 2.77. The number of rotatable bonds is 8. The van der Waals surface area contributed by atoms with Crippen LogP contribution in [-0.4, -0.2) is 61.2 Å². The Morgan fingerprint density at radius 1 is 0.967 bits per heavy atom. The minimum atomic E-state index is -0.362. The number of carbonyl (C=O) groups excluding carboxylic acids is 2. The van der Waals surface area contributed by atoms with E-state index in [1.807, 2.05) is 42.2 Å². The third-order valence-electron chi connectivity index (χ3n) is 5.08. The summed E-state index contributed by atoms with van der Waals surface area (Å²) in [6, 6.07) is 11.5.